The fraction of sp³-hybridized carbons (Fsp3) is 0.611. The highest BCUT2D eigenvalue weighted by Gasteiger charge is 2.17. The normalized spacial score (nSPS) is 16.6. The molecule has 0 aliphatic heterocycles. The predicted molar refractivity (Wildman–Crippen MR) is 88.4 cm³/mol. The molecule has 1 amide bonds. The van der Waals surface area contributed by atoms with Crippen molar-refractivity contribution in [3.8, 4) is 0 Å². The number of carbonyl (C=O) groups is 1. The molecular weight excluding hydrogens is 276 g/mol. The van der Waals surface area contributed by atoms with E-state index in [0.29, 0.717) is 18.9 Å². The summed E-state index contributed by atoms with van der Waals surface area (Å²) in [6.07, 6.45) is 5.68. The SMILES string of the molecule is CC(NCCNC(=O)CC1CCCC1)c1cccc(CO)c1. The highest BCUT2D eigenvalue weighted by atomic mass is 16.3. The van der Waals surface area contributed by atoms with Crippen LogP contribution in [0, 0.1) is 5.92 Å². The van der Waals surface area contributed by atoms with Crippen molar-refractivity contribution < 1.29 is 9.90 Å². The summed E-state index contributed by atoms with van der Waals surface area (Å²) in [6, 6.07) is 8.14. The summed E-state index contributed by atoms with van der Waals surface area (Å²) < 4.78 is 0. The fourth-order valence-electron chi connectivity index (χ4n) is 3.12. The van der Waals surface area contributed by atoms with Crippen molar-refractivity contribution in [3.05, 3.63) is 35.4 Å². The van der Waals surface area contributed by atoms with Crippen LogP contribution in [-0.4, -0.2) is 24.1 Å². The van der Waals surface area contributed by atoms with Crippen molar-refractivity contribution in [1.29, 1.82) is 0 Å². The molecule has 2 rings (SSSR count). The number of benzene rings is 1. The van der Waals surface area contributed by atoms with Crippen LogP contribution in [0.1, 0.15) is 56.2 Å². The van der Waals surface area contributed by atoms with Gasteiger partial charge in [0.05, 0.1) is 6.61 Å². The third kappa shape index (κ3) is 5.43. The Morgan fingerprint density at radius 1 is 1.32 bits per heavy atom. The minimum absolute atomic E-state index is 0.0672. The maximum absolute atomic E-state index is 11.8. The second-order valence-electron chi connectivity index (χ2n) is 6.28. The lowest BCUT2D eigenvalue weighted by atomic mass is 10.0. The van der Waals surface area contributed by atoms with E-state index in [1.165, 1.54) is 25.7 Å². The predicted octanol–water partition coefficient (Wildman–Crippen LogP) is 2.53. The molecule has 22 heavy (non-hydrogen) atoms. The van der Waals surface area contributed by atoms with Gasteiger partial charge in [-0.05, 0) is 36.8 Å². The number of amides is 1. The van der Waals surface area contributed by atoms with Crippen molar-refractivity contribution in [2.75, 3.05) is 13.1 Å². The van der Waals surface area contributed by atoms with Gasteiger partial charge in [0.2, 0.25) is 5.91 Å². The molecule has 0 spiro atoms. The fourth-order valence-corrected chi connectivity index (χ4v) is 3.12. The Hall–Kier alpha value is -1.39. The Balaban J connectivity index is 1.63. The average Bonchev–Trinajstić information content (AvgIpc) is 3.04. The topological polar surface area (TPSA) is 61.4 Å². The van der Waals surface area contributed by atoms with Gasteiger partial charge in [-0.25, -0.2) is 0 Å². The Labute approximate surface area is 133 Å². The van der Waals surface area contributed by atoms with E-state index in [9.17, 15) is 4.79 Å². The zero-order chi connectivity index (χ0) is 15.8. The summed E-state index contributed by atoms with van der Waals surface area (Å²) in [6.45, 7) is 3.57. The molecule has 4 heteroatoms. The van der Waals surface area contributed by atoms with Crippen molar-refractivity contribution in [1.82, 2.24) is 10.6 Å². The van der Waals surface area contributed by atoms with Crippen LogP contribution in [0.15, 0.2) is 24.3 Å². The lowest BCUT2D eigenvalue weighted by molar-refractivity contribution is -0.121. The first-order valence-electron chi connectivity index (χ1n) is 8.39. The monoisotopic (exact) mass is 304 g/mol. The van der Waals surface area contributed by atoms with E-state index in [0.717, 1.165) is 17.7 Å². The summed E-state index contributed by atoms with van der Waals surface area (Å²) in [4.78, 5) is 11.8. The number of aliphatic hydroxyl groups is 1. The standard InChI is InChI=1S/C18H28N2O2/c1-14(17-8-4-7-16(11-17)13-21)19-9-10-20-18(22)12-15-5-2-3-6-15/h4,7-8,11,14-15,19,21H,2-3,5-6,9-10,12-13H2,1H3,(H,20,22). The molecule has 1 aliphatic rings. The average molecular weight is 304 g/mol. The van der Waals surface area contributed by atoms with Gasteiger partial charge in [-0.15, -0.1) is 0 Å². The molecule has 0 bridgehead atoms. The summed E-state index contributed by atoms with van der Waals surface area (Å²) in [5.41, 5.74) is 2.08. The van der Waals surface area contributed by atoms with Crippen molar-refractivity contribution >= 4 is 5.91 Å². The summed E-state index contributed by atoms with van der Waals surface area (Å²) >= 11 is 0. The van der Waals surface area contributed by atoms with Gasteiger partial charge in [-0.3, -0.25) is 4.79 Å². The molecule has 1 atom stereocenters. The zero-order valence-electron chi connectivity index (χ0n) is 13.5. The largest absolute Gasteiger partial charge is 0.392 e. The van der Waals surface area contributed by atoms with E-state index in [1.54, 1.807) is 0 Å². The molecule has 0 aromatic heterocycles. The quantitative estimate of drug-likeness (QED) is 0.647. The van der Waals surface area contributed by atoms with Gasteiger partial charge in [0.25, 0.3) is 0 Å². The Morgan fingerprint density at radius 2 is 2.09 bits per heavy atom. The van der Waals surface area contributed by atoms with E-state index in [-0.39, 0.29) is 18.6 Å². The van der Waals surface area contributed by atoms with E-state index >= 15 is 0 Å². The second-order valence-corrected chi connectivity index (χ2v) is 6.28. The number of nitrogens with one attached hydrogen (secondary N) is 2. The number of hydrogen-bond donors (Lipinski definition) is 3. The van der Waals surface area contributed by atoms with Crippen LogP contribution >= 0.6 is 0 Å². The molecule has 1 aromatic carbocycles. The zero-order valence-corrected chi connectivity index (χ0v) is 13.5. The molecule has 1 fully saturated rings. The highest BCUT2D eigenvalue weighted by molar-refractivity contribution is 5.76. The van der Waals surface area contributed by atoms with Gasteiger partial charge in [0.1, 0.15) is 0 Å². The molecule has 0 heterocycles. The van der Waals surface area contributed by atoms with Crippen molar-refractivity contribution in [3.63, 3.8) is 0 Å². The molecule has 122 valence electrons. The van der Waals surface area contributed by atoms with E-state index in [4.69, 9.17) is 5.11 Å². The summed E-state index contributed by atoms with van der Waals surface area (Å²) in [5.74, 6) is 0.789. The van der Waals surface area contributed by atoms with Crippen LogP contribution in [0.25, 0.3) is 0 Å². The van der Waals surface area contributed by atoms with Crippen molar-refractivity contribution in [2.24, 2.45) is 5.92 Å². The van der Waals surface area contributed by atoms with E-state index in [1.807, 2.05) is 18.2 Å². The first kappa shape index (κ1) is 17.0. The molecule has 1 unspecified atom stereocenters. The summed E-state index contributed by atoms with van der Waals surface area (Å²) in [5, 5.41) is 15.6. The van der Waals surface area contributed by atoms with E-state index in [2.05, 4.69) is 23.6 Å². The Morgan fingerprint density at radius 3 is 2.82 bits per heavy atom. The molecule has 0 radical (unpaired) electrons. The van der Waals surface area contributed by atoms with Gasteiger partial charge in [0.15, 0.2) is 0 Å². The van der Waals surface area contributed by atoms with Crippen LogP contribution < -0.4 is 10.6 Å². The summed E-state index contributed by atoms with van der Waals surface area (Å²) in [7, 11) is 0. The van der Waals surface area contributed by atoms with Crippen LogP contribution in [0.3, 0.4) is 0 Å². The van der Waals surface area contributed by atoms with Gasteiger partial charge in [0, 0.05) is 25.6 Å². The molecule has 3 N–H and O–H groups in total. The third-order valence-electron chi connectivity index (χ3n) is 4.48. The van der Waals surface area contributed by atoms with Crippen LogP contribution in [0.4, 0.5) is 0 Å². The number of carbonyl (C=O) groups excluding carboxylic acids is 1. The van der Waals surface area contributed by atoms with Gasteiger partial charge < -0.3 is 15.7 Å². The van der Waals surface area contributed by atoms with Crippen LogP contribution in [0.5, 0.6) is 0 Å². The van der Waals surface area contributed by atoms with Crippen LogP contribution in [-0.2, 0) is 11.4 Å². The molecule has 1 aliphatic carbocycles. The molecular formula is C18H28N2O2. The number of aliphatic hydroxyl groups excluding tert-OH is 1. The second kappa shape index (κ2) is 8.91. The minimum Gasteiger partial charge on any atom is -0.392 e. The molecule has 4 nitrogen and oxygen atoms in total. The first-order chi connectivity index (χ1) is 10.7. The van der Waals surface area contributed by atoms with E-state index < -0.39 is 0 Å². The molecule has 1 saturated carbocycles. The Kier molecular flexibility index (Phi) is 6.87. The maximum Gasteiger partial charge on any atom is 0.220 e. The first-order valence-corrected chi connectivity index (χ1v) is 8.39. The van der Waals surface area contributed by atoms with Gasteiger partial charge >= 0.3 is 0 Å². The van der Waals surface area contributed by atoms with Crippen molar-refractivity contribution in [2.45, 2.75) is 51.7 Å². The Bertz CT molecular complexity index is 470. The minimum atomic E-state index is 0.0672. The van der Waals surface area contributed by atoms with Crippen LogP contribution in [0.2, 0.25) is 0 Å². The number of rotatable bonds is 8. The highest BCUT2D eigenvalue weighted by Crippen LogP contribution is 2.27. The van der Waals surface area contributed by atoms with Gasteiger partial charge in [-0.2, -0.15) is 0 Å². The smallest absolute Gasteiger partial charge is 0.220 e. The maximum atomic E-state index is 11.8. The lowest BCUT2D eigenvalue weighted by Gasteiger charge is -2.16. The molecule has 1 aromatic rings. The number of hydrogen-bond acceptors (Lipinski definition) is 3. The third-order valence-corrected chi connectivity index (χ3v) is 4.48. The molecule has 0 saturated heterocycles. The lowest BCUT2D eigenvalue weighted by Crippen LogP contribution is -2.33. The van der Waals surface area contributed by atoms with Gasteiger partial charge in [-0.1, -0.05) is 37.1 Å².